The van der Waals surface area contributed by atoms with Crippen LogP contribution in [0.25, 0.3) is 0 Å². The van der Waals surface area contributed by atoms with Gasteiger partial charge in [0, 0.05) is 29.4 Å². The molecule has 0 bridgehead atoms. The summed E-state index contributed by atoms with van der Waals surface area (Å²) in [7, 11) is 1.96. The Morgan fingerprint density at radius 1 is 1.26 bits per heavy atom. The minimum Gasteiger partial charge on any atom is -0.383 e. The molecule has 1 unspecified atom stereocenters. The van der Waals surface area contributed by atoms with Crippen molar-refractivity contribution in [2.75, 3.05) is 11.9 Å². The average Bonchev–Trinajstić information content (AvgIpc) is 2.44. The predicted molar refractivity (Wildman–Crippen MR) is 77.6 cm³/mol. The van der Waals surface area contributed by atoms with Crippen molar-refractivity contribution in [2.24, 2.45) is 10.7 Å². The van der Waals surface area contributed by atoms with E-state index in [1.54, 1.807) is 12.4 Å². The number of fused-ring (bicyclic) bond motifs is 1. The topological polar surface area (TPSA) is 54.5 Å². The number of nitrogens with two attached hydrogens (primary N) is 1. The Labute approximate surface area is 116 Å². The Kier molecular flexibility index (Phi) is 2.87. The quantitative estimate of drug-likeness (QED) is 0.868. The molecule has 1 aromatic carbocycles. The monoisotopic (exact) mass is 272 g/mol. The van der Waals surface area contributed by atoms with Gasteiger partial charge in [-0.15, -0.1) is 0 Å². The molecule has 19 heavy (non-hydrogen) atoms. The van der Waals surface area contributed by atoms with E-state index in [9.17, 15) is 0 Å². The molecule has 0 amide bonds. The summed E-state index contributed by atoms with van der Waals surface area (Å²) in [6.45, 7) is 0. The molecule has 5 heteroatoms. The van der Waals surface area contributed by atoms with E-state index in [4.69, 9.17) is 17.3 Å². The highest BCUT2D eigenvalue weighted by Gasteiger charge is 2.26. The molecule has 0 saturated carbocycles. The lowest BCUT2D eigenvalue weighted by atomic mass is 10.1. The zero-order valence-electron chi connectivity index (χ0n) is 10.4. The van der Waals surface area contributed by atoms with Crippen LogP contribution in [-0.2, 0) is 0 Å². The second kappa shape index (κ2) is 4.55. The van der Waals surface area contributed by atoms with Crippen molar-refractivity contribution in [3.05, 3.63) is 58.9 Å². The van der Waals surface area contributed by atoms with Crippen molar-refractivity contribution in [1.29, 1.82) is 0 Å². The number of nitrogens with zero attached hydrogens (tertiary/aromatic N) is 3. The Hall–Kier alpha value is -2.07. The Morgan fingerprint density at radius 3 is 2.84 bits per heavy atom. The van der Waals surface area contributed by atoms with Crippen LogP contribution in [0, 0.1) is 0 Å². The third kappa shape index (κ3) is 1.94. The van der Waals surface area contributed by atoms with E-state index in [-0.39, 0.29) is 6.17 Å². The standard InChI is InChI=1S/C14H13ClN4/c1-19-12-8-17-7-6-10(12)13(16)18-14(19)9-4-2-3-5-11(9)15/h2-8,14H,1H3,(H2,16,18). The van der Waals surface area contributed by atoms with Crippen LogP contribution < -0.4 is 10.6 Å². The molecule has 96 valence electrons. The smallest absolute Gasteiger partial charge is 0.150 e. The van der Waals surface area contributed by atoms with Crippen molar-refractivity contribution >= 4 is 23.1 Å². The van der Waals surface area contributed by atoms with Gasteiger partial charge in [0.25, 0.3) is 0 Å². The second-order valence-corrected chi connectivity index (χ2v) is 4.82. The molecule has 1 atom stereocenters. The normalized spacial score (nSPS) is 17.9. The van der Waals surface area contributed by atoms with Gasteiger partial charge in [-0.3, -0.25) is 4.98 Å². The Balaban J connectivity index is 2.12. The summed E-state index contributed by atoms with van der Waals surface area (Å²) in [4.78, 5) is 10.7. The van der Waals surface area contributed by atoms with Crippen molar-refractivity contribution in [3.8, 4) is 0 Å². The van der Waals surface area contributed by atoms with Crippen LogP contribution in [-0.4, -0.2) is 17.9 Å². The number of hydrogen-bond donors (Lipinski definition) is 1. The van der Waals surface area contributed by atoms with Crippen LogP contribution in [0.4, 0.5) is 5.69 Å². The van der Waals surface area contributed by atoms with Crippen LogP contribution in [0.15, 0.2) is 47.7 Å². The zero-order chi connectivity index (χ0) is 13.4. The predicted octanol–water partition coefficient (Wildman–Crippen LogP) is 2.59. The largest absolute Gasteiger partial charge is 0.383 e. The first-order chi connectivity index (χ1) is 9.18. The number of rotatable bonds is 1. The maximum atomic E-state index is 6.25. The molecular formula is C14H13ClN4. The molecule has 1 aliphatic rings. The summed E-state index contributed by atoms with van der Waals surface area (Å²) in [5.74, 6) is 0.514. The number of hydrogen-bond acceptors (Lipinski definition) is 4. The molecule has 0 saturated heterocycles. The lowest BCUT2D eigenvalue weighted by molar-refractivity contribution is 0.695. The highest BCUT2D eigenvalue weighted by atomic mass is 35.5. The van der Waals surface area contributed by atoms with Crippen LogP contribution in [0.2, 0.25) is 5.02 Å². The summed E-state index contributed by atoms with van der Waals surface area (Å²) < 4.78 is 0. The zero-order valence-corrected chi connectivity index (χ0v) is 11.2. The van der Waals surface area contributed by atoms with E-state index in [1.807, 2.05) is 42.3 Å². The van der Waals surface area contributed by atoms with E-state index in [1.165, 1.54) is 0 Å². The number of amidine groups is 1. The number of aliphatic imine (C=N–C) groups is 1. The lowest BCUT2D eigenvalue weighted by Gasteiger charge is -2.33. The van der Waals surface area contributed by atoms with E-state index >= 15 is 0 Å². The first-order valence-electron chi connectivity index (χ1n) is 5.93. The van der Waals surface area contributed by atoms with Crippen LogP contribution >= 0.6 is 11.6 Å². The average molecular weight is 273 g/mol. The summed E-state index contributed by atoms with van der Waals surface area (Å²) in [5, 5.41) is 0.684. The fourth-order valence-electron chi connectivity index (χ4n) is 2.27. The first-order valence-corrected chi connectivity index (χ1v) is 6.31. The molecule has 4 nitrogen and oxygen atoms in total. The molecule has 3 rings (SSSR count). The van der Waals surface area contributed by atoms with E-state index < -0.39 is 0 Å². The molecule has 0 aliphatic carbocycles. The fourth-order valence-corrected chi connectivity index (χ4v) is 2.50. The van der Waals surface area contributed by atoms with E-state index in [0.717, 1.165) is 16.8 Å². The summed E-state index contributed by atoms with van der Waals surface area (Å²) in [5.41, 5.74) is 8.84. The molecule has 2 aromatic rings. The van der Waals surface area contributed by atoms with Crippen LogP contribution in [0.5, 0.6) is 0 Å². The maximum Gasteiger partial charge on any atom is 0.150 e. The number of anilines is 1. The van der Waals surface area contributed by atoms with Crippen molar-refractivity contribution in [2.45, 2.75) is 6.17 Å². The number of benzene rings is 1. The molecule has 2 N–H and O–H groups in total. The summed E-state index contributed by atoms with van der Waals surface area (Å²) in [6, 6.07) is 9.53. The molecule has 0 spiro atoms. The highest BCUT2D eigenvalue weighted by molar-refractivity contribution is 6.31. The molecule has 0 radical (unpaired) electrons. The summed E-state index contributed by atoms with van der Waals surface area (Å²) >= 11 is 6.25. The third-order valence-corrected chi connectivity index (χ3v) is 3.61. The van der Waals surface area contributed by atoms with Gasteiger partial charge in [0.15, 0.2) is 6.17 Å². The molecular weight excluding hydrogens is 260 g/mol. The number of aromatic nitrogens is 1. The van der Waals surface area contributed by atoms with Crippen LogP contribution in [0.3, 0.4) is 0 Å². The molecule has 1 aliphatic heterocycles. The van der Waals surface area contributed by atoms with Gasteiger partial charge >= 0.3 is 0 Å². The van der Waals surface area contributed by atoms with Gasteiger partial charge in [0.2, 0.25) is 0 Å². The number of pyridine rings is 1. The molecule has 0 fully saturated rings. The van der Waals surface area contributed by atoms with Gasteiger partial charge in [0.1, 0.15) is 5.84 Å². The third-order valence-electron chi connectivity index (χ3n) is 3.27. The summed E-state index contributed by atoms with van der Waals surface area (Å²) in [6.07, 6.45) is 3.29. The van der Waals surface area contributed by atoms with Crippen molar-refractivity contribution in [1.82, 2.24) is 4.98 Å². The molecule has 2 heterocycles. The Bertz CT molecular complexity index is 653. The van der Waals surface area contributed by atoms with Gasteiger partial charge in [-0.05, 0) is 12.1 Å². The van der Waals surface area contributed by atoms with Gasteiger partial charge in [-0.2, -0.15) is 0 Å². The van der Waals surface area contributed by atoms with Gasteiger partial charge in [-0.25, -0.2) is 4.99 Å². The van der Waals surface area contributed by atoms with Crippen LogP contribution in [0.1, 0.15) is 17.3 Å². The van der Waals surface area contributed by atoms with Gasteiger partial charge in [-0.1, -0.05) is 29.8 Å². The van der Waals surface area contributed by atoms with Gasteiger partial charge < -0.3 is 10.6 Å². The van der Waals surface area contributed by atoms with Crippen molar-refractivity contribution < 1.29 is 0 Å². The van der Waals surface area contributed by atoms with E-state index in [0.29, 0.717) is 10.9 Å². The van der Waals surface area contributed by atoms with Gasteiger partial charge in [0.05, 0.1) is 11.9 Å². The minimum atomic E-state index is -0.217. The first kappa shape index (κ1) is 12.0. The maximum absolute atomic E-state index is 6.25. The lowest BCUT2D eigenvalue weighted by Crippen LogP contribution is -2.33. The SMILES string of the molecule is CN1c2cnccc2C(N)=NC1c1ccccc1Cl. The fraction of sp³-hybridized carbons (Fsp3) is 0.143. The molecule has 1 aromatic heterocycles. The second-order valence-electron chi connectivity index (χ2n) is 4.41. The highest BCUT2D eigenvalue weighted by Crippen LogP contribution is 2.35. The van der Waals surface area contributed by atoms with Crippen molar-refractivity contribution in [3.63, 3.8) is 0 Å². The number of halogens is 1. The minimum absolute atomic E-state index is 0.217. The Morgan fingerprint density at radius 2 is 2.05 bits per heavy atom. The van der Waals surface area contributed by atoms with E-state index in [2.05, 4.69) is 9.98 Å².